The molecule has 2 aromatic rings. The quantitative estimate of drug-likeness (QED) is 0.851. The van der Waals surface area contributed by atoms with Crippen molar-refractivity contribution < 1.29 is 18.0 Å². The lowest BCUT2D eigenvalue weighted by molar-refractivity contribution is -0.145. The number of amides is 1. The van der Waals surface area contributed by atoms with Crippen LogP contribution in [0.5, 0.6) is 0 Å². The molecule has 1 aromatic heterocycles. The van der Waals surface area contributed by atoms with Crippen molar-refractivity contribution in [1.29, 1.82) is 0 Å². The second-order valence-corrected chi connectivity index (χ2v) is 6.27. The standard InChI is InChI=1S/C18H18F3N3O/c1-12-14(9-13-5-3-2-4-6-13)7-8-24(12)16(25)15-10-22-17(23-11-15)18(19,20)21/h2-6,10-12,14H,7-9H2,1H3/t12-,14-/m0/s1. The van der Waals surface area contributed by atoms with Gasteiger partial charge in [0.15, 0.2) is 0 Å². The Kier molecular flexibility index (Phi) is 4.74. The summed E-state index contributed by atoms with van der Waals surface area (Å²) in [6.45, 7) is 2.56. The van der Waals surface area contributed by atoms with Gasteiger partial charge >= 0.3 is 6.18 Å². The van der Waals surface area contributed by atoms with Gasteiger partial charge in [-0.1, -0.05) is 30.3 Å². The number of nitrogens with zero attached hydrogens (tertiary/aromatic N) is 3. The minimum Gasteiger partial charge on any atom is -0.336 e. The molecule has 0 spiro atoms. The van der Waals surface area contributed by atoms with E-state index in [0.29, 0.717) is 12.5 Å². The van der Waals surface area contributed by atoms with Gasteiger partial charge in [0, 0.05) is 25.0 Å². The molecule has 7 heteroatoms. The summed E-state index contributed by atoms with van der Waals surface area (Å²) in [5.41, 5.74) is 1.30. The van der Waals surface area contributed by atoms with Crippen LogP contribution >= 0.6 is 0 Å². The van der Waals surface area contributed by atoms with Gasteiger partial charge in [0.25, 0.3) is 5.91 Å². The van der Waals surface area contributed by atoms with E-state index in [1.807, 2.05) is 25.1 Å². The Bertz CT molecular complexity index is 731. The lowest BCUT2D eigenvalue weighted by Gasteiger charge is -2.25. The van der Waals surface area contributed by atoms with Crippen molar-refractivity contribution in [3.63, 3.8) is 0 Å². The van der Waals surface area contributed by atoms with Gasteiger partial charge in [0.05, 0.1) is 5.56 Å². The fraction of sp³-hybridized carbons (Fsp3) is 0.389. The molecule has 1 fully saturated rings. The van der Waals surface area contributed by atoms with Gasteiger partial charge in [0.1, 0.15) is 0 Å². The SMILES string of the molecule is C[C@H]1[C@H](Cc2ccccc2)CCN1C(=O)c1cnc(C(F)(F)F)nc1. The van der Waals surface area contributed by atoms with Crippen LogP contribution in [-0.4, -0.2) is 33.4 Å². The van der Waals surface area contributed by atoms with Crippen molar-refractivity contribution in [2.75, 3.05) is 6.54 Å². The van der Waals surface area contributed by atoms with Crippen LogP contribution in [0.2, 0.25) is 0 Å². The van der Waals surface area contributed by atoms with Crippen LogP contribution < -0.4 is 0 Å². The third-order valence-corrected chi connectivity index (χ3v) is 4.67. The second-order valence-electron chi connectivity index (χ2n) is 6.27. The Morgan fingerprint density at radius 1 is 1.20 bits per heavy atom. The van der Waals surface area contributed by atoms with Crippen LogP contribution in [0.3, 0.4) is 0 Å². The maximum Gasteiger partial charge on any atom is 0.451 e. The molecule has 25 heavy (non-hydrogen) atoms. The summed E-state index contributed by atoms with van der Waals surface area (Å²) >= 11 is 0. The number of likely N-dealkylation sites (tertiary alicyclic amines) is 1. The fourth-order valence-electron chi connectivity index (χ4n) is 3.23. The molecule has 132 valence electrons. The predicted molar refractivity (Wildman–Crippen MR) is 85.8 cm³/mol. The molecule has 1 amide bonds. The van der Waals surface area contributed by atoms with E-state index in [1.165, 1.54) is 5.56 Å². The van der Waals surface area contributed by atoms with E-state index in [-0.39, 0.29) is 17.5 Å². The Labute approximate surface area is 143 Å². The molecule has 1 saturated heterocycles. The molecule has 2 atom stereocenters. The topological polar surface area (TPSA) is 46.1 Å². The first-order valence-electron chi connectivity index (χ1n) is 8.10. The molecule has 4 nitrogen and oxygen atoms in total. The van der Waals surface area contributed by atoms with Gasteiger partial charge < -0.3 is 4.90 Å². The zero-order valence-corrected chi connectivity index (χ0v) is 13.7. The maximum atomic E-state index is 12.6. The van der Waals surface area contributed by atoms with E-state index in [0.717, 1.165) is 25.2 Å². The minimum atomic E-state index is -4.61. The van der Waals surface area contributed by atoms with Crippen molar-refractivity contribution in [3.05, 3.63) is 59.7 Å². The van der Waals surface area contributed by atoms with Crippen molar-refractivity contribution in [2.45, 2.75) is 32.0 Å². The normalized spacial score (nSPS) is 20.7. The molecule has 2 heterocycles. The number of halogens is 3. The molecule has 0 radical (unpaired) electrons. The Morgan fingerprint density at radius 3 is 2.44 bits per heavy atom. The highest BCUT2D eigenvalue weighted by molar-refractivity contribution is 5.94. The Morgan fingerprint density at radius 2 is 1.84 bits per heavy atom. The summed E-state index contributed by atoms with van der Waals surface area (Å²) in [4.78, 5) is 20.8. The van der Waals surface area contributed by atoms with Gasteiger partial charge in [-0.2, -0.15) is 13.2 Å². The van der Waals surface area contributed by atoms with Crippen molar-refractivity contribution in [3.8, 4) is 0 Å². The smallest absolute Gasteiger partial charge is 0.336 e. The number of hydrogen-bond acceptors (Lipinski definition) is 3. The molecule has 1 aliphatic rings. The van der Waals surface area contributed by atoms with E-state index in [2.05, 4.69) is 22.1 Å². The highest BCUT2D eigenvalue weighted by atomic mass is 19.4. The zero-order chi connectivity index (χ0) is 18.0. The lowest BCUT2D eigenvalue weighted by atomic mass is 9.93. The molecule has 1 aromatic carbocycles. The summed E-state index contributed by atoms with van der Waals surface area (Å²) < 4.78 is 37.6. The predicted octanol–water partition coefficient (Wildman–Crippen LogP) is 3.59. The van der Waals surface area contributed by atoms with E-state index >= 15 is 0 Å². The highest BCUT2D eigenvalue weighted by Crippen LogP contribution is 2.29. The van der Waals surface area contributed by atoms with Crippen LogP contribution in [0.1, 0.15) is 35.1 Å². The highest BCUT2D eigenvalue weighted by Gasteiger charge is 2.36. The second kappa shape index (κ2) is 6.82. The number of carbonyl (C=O) groups is 1. The maximum absolute atomic E-state index is 12.6. The third-order valence-electron chi connectivity index (χ3n) is 4.67. The van der Waals surface area contributed by atoms with E-state index in [4.69, 9.17) is 0 Å². The van der Waals surface area contributed by atoms with Crippen LogP contribution in [0, 0.1) is 5.92 Å². The average molecular weight is 349 g/mol. The van der Waals surface area contributed by atoms with Gasteiger partial charge in [-0.05, 0) is 31.2 Å². The number of alkyl halides is 3. The molecule has 0 unspecified atom stereocenters. The summed E-state index contributed by atoms with van der Waals surface area (Å²) in [5.74, 6) is -1.24. The molecule has 0 bridgehead atoms. The first-order valence-corrected chi connectivity index (χ1v) is 8.10. The van der Waals surface area contributed by atoms with Crippen LogP contribution in [0.25, 0.3) is 0 Å². The number of rotatable bonds is 3. The molecule has 0 aliphatic carbocycles. The molecular weight excluding hydrogens is 331 g/mol. The molecule has 0 N–H and O–H groups in total. The molecule has 3 rings (SSSR count). The molecular formula is C18H18F3N3O. The molecule has 0 saturated carbocycles. The largest absolute Gasteiger partial charge is 0.451 e. The van der Waals surface area contributed by atoms with E-state index in [9.17, 15) is 18.0 Å². The Hall–Kier alpha value is -2.44. The summed E-state index contributed by atoms with van der Waals surface area (Å²) in [7, 11) is 0. The first-order chi connectivity index (χ1) is 11.9. The van der Waals surface area contributed by atoms with Crippen LogP contribution in [0.4, 0.5) is 13.2 Å². The summed E-state index contributed by atoms with van der Waals surface area (Å²) in [6, 6.07) is 10.0. The Balaban J connectivity index is 1.69. The number of benzene rings is 1. The van der Waals surface area contributed by atoms with Crippen molar-refractivity contribution >= 4 is 5.91 Å². The van der Waals surface area contributed by atoms with Crippen LogP contribution in [0.15, 0.2) is 42.7 Å². The average Bonchev–Trinajstić information content (AvgIpc) is 2.95. The fourth-order valence-corrected chi connectivity index (χ4v) is 3.23. The molecule has 1 aliphatic heterocycles. The van der Waals surface area contributed by atoms with Crippen molar-refractivity contribution in [2.24, 2.45) is 5.92 Å². The van der Waals surface area contributed by atoms with Gasteiger partial charge in [-0.3, -0.25) is 4.79 Å². The lowest BCUT2D eigenvalue weighted by Crippen LogP contribution is -2.36. The summed E-state index contributed by atoms with van der Waals surface area (Å²) in [6.07, 6.45) is -0.966. The van der Waals surface area contributed by atoms with E-state index < -0.39 is 12.0 Å². The number of hydrogen-bond donors (Lipinski definition) is 0. The van der Waals surface area contributed by atoms with Gasteiger partial charge in [-0.25, -0.2) is 9.97 Å². The number of carbonyl (C=O) groups excluding carboxylic acids is 1. The van der Waals surface area contributed by atoms with Crippen LogP contribution in [-0.2, 0) is 12.6 Å². The van der Waals surface area contributed by atoms with E-state index in [1.54, 1.807) is 4.90 Å². The monoisotopic (exact) mass is 349 g/mol. The minimum absolute atomic E-state index is 0.00926. The number of aromatic nitrogens is 2. The van der Waals surface area contributed by atoms with Gasteiger partial charge in [-0.15, -0.1) is 0 Å². The first kappa shape index (κ1) is 17.4. The van der Waals surface area contributed by atoms with Crippen molar-refractivity contribution in [1.82, 2.24) is 14.9 Å². The van der Waals surface area contributed by atoms with Gasteiger partial charge in [0.2, 0.25) is 5.82 Å². The summed E-state index contributed by atoms with van der Waals surface area (Å²) in [5, 5.41) is 0. The zero-order valence-electron chi connectivity index (χ0n) is 13.7. The third kappa shape index (κ3) is 3.81.